The smallest absolute Gasteiger partial charge is 0.315 e. The number of carbonyl (C=O) groups is 1. The van der Waals surface area contributed by atoms with Gasteiger partial charge in [0.1, 0.15) is 0 Å². The number of aliphatic hydroxyl groups is 1. The second-order valence-corrected chi connectivity index (χ2v) is 11.2. The van der Waals surface area contributed by atoms with Crippen molar-refractivity contribution in [1.82, 2.24) is 20.2 Å². The number of thioether (sulfide) groups is 1. The van der Waals surface area contributed by atoms with Crippen LogP contribution in [0.2, 0.25) is 0 Å². The molecule has 8 nitrogen and oxygen atoms in total. The number of nitrogens with zero attached hydrogens (tertiary/aromatic N) is 2. The van der Waals surface area contributed by atoms with Gasteiger partial charge in [0.15, 0.2) is 11.4 Å². The van der Waals surface area contributed by atoms with Gasteiger partial charge in [-0.3, -0.25) is 0 Å². The third-order valence-electron chi connectivity index (χ3n) is 7.28. The van der Waals surface area contributed by atoms with E-state index in [1.807, 2.05) is 96.7 Å². The van der Waals surface area contributed by atoms with Crippen molar-refractivity contribution in [1.29, 1.82) is 0 Å². The lowest BCUT2D eigenvalue weighted by Crippen LogP contribution is -2.38. The summed E-state index contributed by atoms with van der Waals surface area (Å²) in [6, 6.07) is 25.5. The van der Waals surface area contributed by atoms with Gasteiger partial charge in [-0.15, -0.1) is 0 Å². The Morgan fingerprint density at radius 3 is 2.17 bits per heavy atom. The molecule has 2 heterocycles. The molecule has 0 saturated carbocycles. The summed E-state index contributed by atoms with van der Waals surface area (Å²) in [7, 11) is 1.99. The van der Waals surface area contributed by atoms with E-state index in [1.165, 1.54) is 0 Å². The minimum absolute atomic E-state index is 0.00587. The molecule has 0 radical (unpaired) electrons. The van der Waals surface area contributed by atoms with E-state index in [0.29, 0.717) is 13.1 Å². The molecule has 5 rings (SSSR count). The van der Waals surface area contributed by atoms with Crippen molar-refractivity contribution >= 4 is 17.8 Å². The van der Waals surface area contributed by atoms with Gasteiger partial charge in [0, 0.05) is 49.8 Å². The van der Waals surface area contributed by atoms with Gasteiger partial charge in [0.05, 0.1) is 18.8 Å². The maximum Gasteiger partial charge on any atom is 0.315 e. The van der Waals surface area contributed by atoms with Crippen molar-refractivity contribution in [3.8, 4) is 0 Å². The predicted octanol–water partition coefficient (Wildman–Crippen LogP) is 5.50. The van der Waals surface area contributed by atoms with Gasteiger partial charge < -0.3 is 29.8 Å². The number of amides is 2. The Hall–Kier alpha value is -3.63. The van der Waals surface area contributed by atoms with Crippen LogP contribution >= 0.6 is 11.8 Å². The molecule has 9 heteroatoms. The van der Waals surface area contributed by atoms with Crippen molar-refractivity contribution in [2.45, 2.75) is 50.3 Å². The number of imidazole rings is 1. The van der Waals surface area contributed by atoms with Crippen LogP contribution in [0.1, 0.15) is 47.1 Å². The normalized spacial score (nSPS) is 20.5. The van der Waals surface area contributed by atoms with Crippen LogP contribution in [0.15, 0.2) is 96.4 Å². The Morgan fingerprint density at radius 1 is 0.902 bits per heavy atom. The van der Waals surface area contributed by atoms with Crippen LogP contribution in [0.5, 0.6) is 0 Å². The molecule has 1 fully saturated rings. The molecule has 0 bridgehead atoms. The fourth-order valence-electron chi connectivity index (χ4n) is 4.77. The molecule has 4 aromatic rings. The van der Waals surface area contributed by atoms with Gasteiger partial charge in [0.25, 0.3) is 0 Å². The number of benzene rings is 3. The quantitative estimate of drug-likeness (QED) is 0.217. The first-order chi connectivity index (χ1) is 20.0. The van der Waals surface area contributed by atoms with Crippen molar-refractivity contribution in [3.63, 3.8) is 0 Å². The number of carbonyl (C=O) groups excluding carboxylic acids is 1. The van der Waals surface area contributed by atoms with E-state index in [2.05, 4.69) is 22.5 Å². The van der Waals surface area contributed by atoms with Crippen molar-refractivity contribution in [2.75, 3.05) is 5.75 Å². The number of aryl methyl sites for hydroxylation is 1. The Bertz CT molecular complexity index is 1400. The van der Waals surface area contributed by atoms with E-state index < -0.39 is 6.29 Å². The number of hydrogen-bond donors (Lipinski definition) is 3. The molecule has 1 aliphatic rings. The van der Waals surface area contributed by atoms with E-state index in [-0.39, 0.29) is 30.8 Å². The van der Waals surface area contributed by atoms with E-state index >= 15 is 0 Å². The highest BCUT2D eigenvalue weighted by molar-refractivity contribution is 7.99. The molecular weight excluding hydrogens is 536 g/mol. The molecular formula is C32H36N4O4S. The first-order valence-corrected chi connectivity index (χ1v) is 14.7. The first-order valence-electron chi connectivity index (χ1n) is 13.8. The van der Waals surface area contributed by atoms with Crippen LogP contribution < -0.4 is 10.6 Å². The molecule has 1 aliphatic heterocycles. The molecule has 0 spiro atoms. The summed E-state index contributed by atoms with van der Waals surface area (Å²) in [6.07, 6.45) is 2.94. The topological polar surface area (TPSA) is 97.6 Å². The molecule has 214 valence electrons. The summed E-state index contributed by atoms with van der Waals surface area (Å²) < 4.78 is 15.1. The second kappa shape index (κ2) is 13.8. The van der Waals surface area contributed by atoms with Gasteiger partial charge >= 0.3 is 6.03 Å². The van der Waals surface area contributed by atoms with E-state index in [1.54, 1.807) is 18.0 Å². The molecule has 3 N–H and O–H groups in total. The Labute approximate surface area is 245 Å². The van der Waals surface area contributed by atoms with Crippen LogP contribution in [0.3, 0.4) is 0 Å². The average Bonchev–Trinajstić information content (AvgIpc) is 3.43. The fraction of sp³-hybridized carbons (Fsp3) is 0.312. The van der Waals surface area contributed by atoms with Gasteiger partial charge in [-0.1, -0.05) is 97.5 Å². The highest BCUT2D eigenvalue weighted by atomic mass is 32.2. The lowest BCUT2D eigenvalue weighted by atomic mass is 9.91. The standard InChI is InChI=1S/C32H36N4O4S/c1-22-28(21-41-32-33-16-17-36(32)2)39-30(40-29(22)26-12-10-25(20-37)11-13-26)27-14-8-24(9-15-27)19-35-31(38)34-18-23-6-4-3-5-7-23/h3-17,22,28-30,37H,18-21H2,1-2H3,(H2,34,35,38). The summed E-state index contributed by atoms with van der Waals surface area (Å²) in [5, 5.41) is 16.2. The largest absolute Gasteiger partial charge is 0.392 e. The average molecular weight is 573 g/mol. The maximum atomic E-state index is 12.3. The third kappa shape index (κ3) is 7.56. The lowest BCUT2D eigenvalue weighted by molar-refractivity contribution is -0.268. The summed E-state index contributed by atoms with van der Waals surface area (Å²) in [4.78, 5) is 16.7. The highest BCUT2D eigenvalue weighted by Gasteiger charge is 2.38. The van der Waals surface area contributed by atoms with E-state index in [4.69, 9.17) is 9.47 Å². The van der Waals surface area contributed by atoms with Crippen LogP contribution in [-0.4, -0.2) is 32.5 Å². The maximum absolute atomic E-state index is 12.3. The molecule has 2 amide bonds. The number of aromatic nitrogens is 2. The Kier molecular flexibility index (Phi) is 9.74. The number of aliphatic hydroxyl groups excluding tert-OH is 1. The van der Waals surface area contributed by atoms with Gasteiger partial charge in [0.2, 0.25) is 0 Å². The number of ether oxygens (including phenoxy) is 2. The molecule has 1 aromatic heterocycles. The number of hydrogen-bond acceptors (Lipinski definition) is 6. The number of rotatable bonds is 10. The van der Waals surface area contributed by atoms with Crippen molar-refractivity contribution in [3.05, 3.63) is 119 Å². The SMILES string of the molecule is CC1C(CSc2nccn2C)OC(c2ccc(CNC(=O)NCc3ccccc3)cc2)OC1c1ccc(CO)cc1. The first kappa shape index (κ1) is 28.9. The van der Waals surface area contributed by atoms with Crippen molar-refractivity contribution in [2.24, 2.45) is 13.0 Å². The van der Waals surface area contributed by atoms with Crippen LogP contribution in [0.4, 0.5) is 4.79 Å². The molecule has 3 aromatic carbocycles. The third-order valence-corrected chi connectivity index (χ3v) is 8.42. The van der Waals surface area contributed by atoms with Gasteiger partial charge in [-0.05, 0) is 22.3 Å². The van der Waals surface area contributed by atoms with Crippen LogP contribution in [0, 0.1) is 5.92 Å². The van der Waals surface area contributed by atoms with Gasteiger partial charge in [-0.2, -0.15) is 0 Å². The molecule has 1 saturated heterocycles. The summed E-state index contributed by atoms with van der Waals surface area (Å²) in [6.45, 7) is 3.05. The molecule has 4 unspecified atom stereocenters. The fourth-order valence-corrected chi connectivity index (χ4v) is 5.87. The molecule has 0 aliphatic carbocycles. The molecule has 4 atom stereocenters. The Balaban J connectivity index is 1.24. The zero-order valence-electron chi connectivity index (χ0n) is 23.3. The lowest BCUT2D eigenvalue weighted by Gasteiger charge is -2.41. The van der Waals surface area contributed by atoms with Crippen molar-refractivity contribution < 1.29 is 19.4 Å². The zero-order chi connectivity index (χ0) is 28.6. The number of urea groups is 1. The minimum Gasteiger partial charge on any atom is -0.392 e. The Morgan fingerprint density at radius 2 is 1.54 bits per heavy atom. The molecule has 41 heavy (non-hydrogen) atoms. The second-order valence-electron chi connectivity index (χ2n) is 10.2. The van der Waals surface area contributed by atoms with Crippen LogP contribution in [0.25, 0.3) is 0 Å². The van der Waals surface area contributed by atoms with E-state index in [0.717, 1.165) is 38.7 Å². The van der Waals surface area contributed by atoms with E-state index in [9.17, 15) is 9.90 Å². The summed E-state index contributed by atoms with van der Waals surface area (Å²) in [5.41, 5.74) is 4.86. The van der Waals surface area contributed by atoms with Gasteiger partial charge in [-0.25, -0.2) is 9.78 Å². The van der Waals surface area contributed by atoms with Crippen LogP contribution in [-0.2, 0) is 36.2 Å². The predicted molar refractivity (Wildman–Crippen MR) is 159 cm³/mol. The summed E-state index contributed by atoms with van der Waals surface area (Å²) in [5.74, 6) is 0.828. The minimum atomic E-state index is -0.545. The zero-order valence-corrected chi connectivity index (χ0v) is 24.1. The monoisotopic (exact) mass is 572 g/mol. The highest BCUT2D eigenvalue weighted by Crippen LogP contribution is 2.42. The summed E-state index contributed by atoms with van der Waals surface area (Å²) >= 11 is 1.67. The number of nitrogens with one attached hydrogen (secondary N) is 2.